The summed E-state index contributed by atoms with van der Waals surface area (Å²) >= 11 is 6.20. The van der Waals surface area contributed by atoms with Crippen molar-refractivity contribution in [2.75, 3.05) is 17.9 Å². The number of halogens is 1. The molecule has 1 atom stereocenters. The summed E-state index contributed by atoms with van der Waals surface area (Å²) in [4.78, 5) is 28.7. The van der Waals surface area contributed by atoms with Crippen LogP contribution in [0.1, 0.15) is 26.3 Å². The molecule has 7 heteroatoms. The Morgan fingerprint density at radius 3 is 2.57 bits per heavy atom. The number of nitrogens with one attached hydrogen (secondary N) is 2. The predicted octanol–water partition coefficient (Wildman–Crippen LogP) is 4.69. The molecule has 0 bridgehead atoms. The second-order valence-corrected chi connectivity index (χ2v) is 7.40. The van der Waals surface area contributed by atoms with Crippen LogP contribution < -0.4 is 15.5 Å². The van der Waals surface area contributed by atoms with Crippen LogP contribution in [0.2, 0.25) is 5.02 Å². The van der Waals surface area contributed by atoms with E-state index in [-0.39, 0.29) is 0 Å². The fourth-order valence-corrected chi connectivity index (χ4v) is 2.51. The number of carbonyl (C=O) groups is 2. The van der Waals surface area contributed by atoms with Crippen LogP contribution in [0.15, 0.2) is 42.5 Å². The lowest BCUT2D eigenvalue weighted by atomic mass is 9.81. The molecule has 2 aromatic rings. The Morgan fingerprint density at radius 1 is 1.21 bits per heavy atom. The molecule has 0 amide bonds. The molecular formula is C21H25ClN2O4. The van der Waals surface area contributed by atoms with Crippen molar-refractivity contribution in [3.05, 3.63) is 53.1 Å². The van der Waals surface area contributed by atoms with Gasteiger partial charge in [-0.25, -0.2) is 10.3 Å². The molecule has 6 nitrogen and oxygen atoms in total. The summed E-state index contributed by atoms with van der Waals surface area (Å²) in [6, 6.07) is 12.8. The number of methoxy groups -OCH3 is 1. The molecule has 0 aromatic heterocycles. The third kappa shape index (κ3) is 5.16. The maximum absolute atomic E-state index is 12.4. The van der Waals surface area contributed by atoms with Gasteiger partial charge in [0, 0.05) is 23.6 Å². The topological polar surface area (TPSA) is 76.7 Å². The highest BCUT2D eigenvalue weighted by Gasteiger charge is 2.36. The van der Waals surface area contributed by atoms with Crippen molar-refractivity contribution in [2.24, 2.45) is 11.3 Å². The molecule has 0 aliphatic rings. The zero-order valence-corrected chi connectivity index (χ0v) is 17.2. The van der Waals surface area contributed by atoms with Gasteiger partial charge in [0.15, 0.2) is 0 Å². The van der Waals surface area contributed by atoms with Gasteiger partial charge in [0.25, 0.3) is 0 Å². The van der Waals surface area contributed by atoms with Crippen molar-refractivity contribution < 1.29 is 19.2 Å². The molecule has 0 saturated heterocycles. The van der Waals surface area contributed by atoms with Crippen LogP contribution in [0.5, 0.6) is 5.75 Å². The predicted molar refractivity (Wildman–Crippen MR) is 110 cm³/mol. The van der Waals surface area contributed by atoms with Crippen LogP contribution in [0.3, 0.4) is 0 Å². The summed E-state index contributed by atoms with van der Waals surface area (Å²) in [6.45, 7) is 5.50. The Labute approximate surface area is 170 Å². The van der Waals surface area contributed by atoms with Crippen LogP contribution >= 0.6 is 11.6 Å². The van der Waals surface area contributed by atoms with Gasteiger partial charge in [-0.3, -0.25) is 0 Å². The van der Waals surface area contributed by atoms with E-state index in [4.69, 9.17) is 21.2 Å². The summed E-state index contributed by atoms with van der Waals surface area (Å²) < 4.78 is 5.25. The first-order chi connectivity index (χ1) is 13.3. The van der Waals surface area contributed by atoms with Crippen molar-refractivity contribution in [3.8, 4) is 5.75 Å². The Bertz CT molecular complexity index is 839. The summed E-state index contributed by atoms with van der Waals surface area (Å²) in [5.41, 5.74) is 3.88. The number of carbonyl (C=O) groups excluding carboxylic acids is 2. The van der Waals surface area contributed by atoms with Crippen LogP contribution in [0.4, 0.5) is 11.4 Å². The van der Waals surface area contributed by atoms with Crippen molar-refractivity contribution in [1.82, 2.24) is 0 Å². The van der Waals surface area contributed by atoms with Crippen LogP contribution in [-0.2, 0) is 21.0 Å². The Morgan fingerprint density at radius 2 is 1.93 bits per heavy atom. The van der Waals surface area contributed by atoms with Gasteiger partial charge < -0.3 is 19.7 Å². The second-order valence-electron chi connectivity index (χ2n) is 6.99. The van der Waals surface area contributed by atoms with Gasteiger partial charge in [0.2, 0.25) is 0 Å². The van der Waals surface area contributed by atoms with Gasteiger partial charge in [0.1, 0.15) is 12.0 Å². The fraction of sp³-hybridized carbons (Fsp3) is 0.333. The van der Waals surface area contributed by atoms with Crippen molar-refractivity contribution in [1.29, 1.82) is 0 Å². The van der Waals surface area contributed by atoms with Crippen LogP contribution in [0.25, 0.3) is 0 Å². The summed E-state index contributed by atoms with van der Waals surface area (Å²) in [5.74, 6) is -0.417. The number of hydrogen-bond acceptors (Lipinski definition) is 6. The number of aldehydes is 1. The van der Waals surface area contributed by atoms with E-state index in [2.05, 4.69) is 10.8 Å². The monoisotopic (exact) mass is 404 g/mol. The van der Waals surface area contributed by atoms with Crippen molar-refractivity contribution >= 4 is 35.2 Å². The summed E-state index contributed by atoms with van der Waals surface area (Å²) in [5, 5.41) is 3.93. The molecule has 0 aliphatic carbocycles. The Hall–Kier alpha value is -2.73. The zero-order chi connectivity index (χ0) is 20.7. The first kappa shape index (κ1) is 21.6. The minimum absolute atomic E-state index is 0.482. The highest BCUT2D eigenvalue weighted by molar-refractivity contribution is 6.31. The molecule has 0 aliphatic heterocycles. The van der Waals surface area contributed by atoms with Gasteiger partial charge in [-0.1, -0.05) is 36.7 Å². The Balaban J connectivity index is 2.15. The van der Waals surface area contributed by atoms with Crippen molar-refractivity contribution in [2.45, 2.75) is 27.3 Å². The van der Waals surface area contributed by atoms with Crippen LogP contribution in [-0.4, -0.2) is 19.4 Å². The summed E-state index contributed by atoms with van der Waals surface area (Å²) in [7, 11) is 1.55. The van der Waals surface area contributed by atoms with E-state index in [1.807, 2.05) is 30.3 Å². The van der Waals surface area contributed by atoms with E-state index in [0.29, 0.717) is 28.7 Å². The zero-order valence-electron chi connectivity index (χ0n) is 16.4. The third-order valence-electron chi connectivity index (χ3n) is 4.78. The van der Waals surface area contributed by atoms with E-state index in [9.17, 15) is 9.59 Å². The van der Waals surface area contributed by atoms with Gasteiger partial charge >= 0.3 is 5.97 Å². The minimum atomic E-state index is -0.960. The number of ether oxygens (including phenoxy) is 1. The molecule has 2 N–H and O–H groups in total. The normalized spacial score (nSPS) is 12.0. The molecule has 0 heterocycles. The average molecular weight is 405 g/mol. The van der Waals surface area contributed by atoms with Gasteiger partial charge in [0.05, 0.1) is 23.9 Å². The van der Waals surface area contributed by atoms with E-state index in [1.54, 1.807) is 40.0 Å². The minimum Gasteiger partial charge on any atom is -0.497 e. The van der Waals surface area contributed by atoms with E-state index in [1.165, 1.54) is 0 Å². The average Bonchev–Trinajstić information content (AvgIpc) is 2.70. The molecular weight excluding hydrogens is 380 g/mol. The molecule has 1 unspecified atom stereocenters. The van der Waals surface area contributed by atoms with E-state index < -0.39 is 17.3 Å². The lowest BCUT2D eigenvalue weighted by molar-refractivity contribution is -0.154. The first-order valence-corrected chi connectivity index (χ1v) is 9.25. The highest BCUT2D eigenvalue weighted by Crippen LogP contribution is 2.30. The Kier molecular flexibility index (Phi) is 7.29. The molecule has 150 valence electrons. The molecule has 2 rings (SSSR count). The maximum atomic E-state index is 12.4. The highest BCUT2D eigenvalue weighted by atomic mass is 35.5. The SMILES string of the molecule is COc1ccc(NCc2ccccc2Cl)c(NOC(=O)C(C)(C)C(C)C=O)c1. The smallest absolute Gasteiger partial charge is 0.338 e. The van der Waals surface area contributed by atoms with E-state index >= 15 is 0 Å². The fourth-order valence-electron chi connectivity index (χ4n) is 2.31. The molecule has 0 spiro atoms. The molecule has 28 heavy (non-hydrogen) atoms. The third-order valence-corrected chi connectivity index (χ3v) is 5.14. The second kappa shape index (κ2) is 9.46. The number of rotatable bonds is 9. The van der Waals surface area contributed by atoms with Gasteiger partial charge in [-0.2, -0.15) is 0 Å². The summed E-state index contributed by atoms with van der Waals surface area (Å²) in [6.07, 6.45) is 0.739. The quantitative estimate of drug-likeness (QED) is 0.466. The molecule has 0 radical (unpaired) electrons. The largest absolute Gasteiger partial charge is 0.497 e. The van der Waals surface area contributed by atoms with Gasteiger partial charge in [-0.05, 0) is 37.6 Å². The number of anilines is 2. The lowest BCUT2D eigenvalue weighted by Gasteiger charge is -2.25. The van der Waals surface area contributed by atoms with Crippen molar-refractivity contribution in [3.63, 3.8) is 0 Å². The van der Waals surface area contributed by atoms with Gasteiger partial charge in [-0.15, -0.1) is 0 Å². The number of benzene rings is 2. The lowest BCUT2D eigenvalue weighted by Crippen LogP contribution is -2.35. The molecule has 0 saturated carbocycles. The van der Waals surface area contributed by atoms with E-state index in [0.717, 1.165) is 11.8 Å². The maximum Gasteiger partial charge on any atom is 0.338 e. The molecule has 2 aromatic carbocycles. The number of hydrogen-bond donors (Lipinski definition) is 2. The molecule has 0 fully saturated rings. The standard InChI is InChI=1S/C21H25ClN2O4/c1-14(13-25)21(2,3)20(26)28-24-19-11-16(27-4)9-10-18(19)23-12-15-7-5-6-8-17(15)22/h5-11,13-14,23-24H,12H2,1-4H3. The van der Waals surface area contributed by atoms with Crippen LogP contribution in [0, 0.1) is 11.3 Å². The first-order valence-electron chi connectivity index (χ1n) is 8.87.